The van der Waals surface area contributed by atoms with Crippen molar-refractivity contribution in [2.45, 2.75) is 38.4 Å². The first kappa shape index (κ1) is 12.0. The van der Waals surface area contributed by atoms with Crippen LogP contribution in [0.25, 0.3) is 0 Å². The summed E-state index contributed by atoms with van der Waals surface area (Å²) in [5.74, 6) is 5.63. The highest BCUT2D eigenvalue weighted by Gasteiger charge is 2.29. The maximum absolute atomic E-state index is 11.5. The molecule has 3 N–H and O–H groups in total. The highest BCUT2D eigenvalue weighted by molar-refractivity contribution is 5.81. The summed E-state index contributed by atoms with van der Waals surface area (Å²) >= 11 is 0. The number of ether oxygens (including phenoxy) is 1. The summed E-state index contributed by atoms with van der Waals surface area (Å²) in [6.45, 7) is 2.87. The van der Waals surface area contributed by atoms with Gasteiger partial charge in [0.15, 0.2) is 0 Å². The third-order valence-corrected chi connectivity index (χ3v) is 2.39. The molecule has 1 heterocycles. The van der Waals surface area contributed by atoms with Crippen LogP contribution in [0, 0.1) is 11.8 Å². The van der Waals surface area contributed by atoms with Crippen LogP contribution in [0.1, 0.15) is 26.2 Å². The lowest BCUT2D eigenvalue weighted by atomic mass is 10.2. The smallest absolute Gasteiger partial charge is 0.249 e. The molecule has 1 saturated heterocycles. The van der Waals surface area contributed by atoms with Crippen LogP contribution in [0.2, 0.25) is 0 Å². The van der Waals surface area contributed by atoms with E-state index in [0.29, 0.717) is 19.5 Å². The lowest BCUT2D eigenvalue weighted by Crippen LogP contribution is -2.35. The first-order valence-electron chi connectivity index (χ1n) is 5.30. The van der Waals surface area contributed by atoms with Crippen LogP contribution in [-0.2, 0) is 9.53 Å². The summed E-state index contributed by atoms with van der Waals surface area (Å²) in [7, 11) is 0. The molecular weight excluding hydrogens is 192 g/mol. The lowest BCUT2D eigenvalue weighted by molar-refractivity contribution is -0.131. The molecule has 1 aliphatic heterocycles. The molecule has 1 amide bonds. The van der Waals surface area contributed by atoms with E-state index in [1.807, 2.05) is 0 Å². The van der Waals surface area contributed by atoms with Crippen molar-refractivity contribution < 1.29 is 9.53 Å². The lowest BCUT2D eigenvalue weighted by Gasteiger charge is -2.11. The molecule has 84 valence electrons. The Morgan fingerprint density at radius 1 is 1.60 bits per heavy atom. The molecule has 4 nitrogen and oxygen atoms in total. The minimum absolute atomic E-state index is 0.0381. The number of carbonyl (C=O) groups is 1. The predicted molar refractivity (Wildman–Crippen MR) is 58.0 cm³/mol. The van der Waals surface area contributed by atoms with E-state index in [4.69, 9.17) is 10.5 Å². The first-order valence-corrected chi connectivity index (χ1v) is 5.30. The standard InChI is InChI=1S/C11H18N2O2/c1-2-3-4-7-13-11(14)10-6-5-9(8-12)15-10/h9-10H,4-8,12H2,1H3,(H,13,14). The van der Waals surface area contributed by atoms with Crippen LogP contribution in [0.5, 0.6) is 0 Å². The second kappa shape index (κ2) is 6.44. The molecule has 0 aromatic carbocycles. The molecule has 0 aromatic heterocycles. The summed E-state index contributed by atoms with van der Waals surface area (Å²) in [5, 5.41) is 2.80. The highest BCUT2D eigenvalue weighted by Crippen LogP contribution is 2.18. The largest absolute Gasteiger partial charge is 0.364 e. The van der Waals surface area contributed by atoms with Crippen LogP contribution in [0.15, 0.2) is 0 Å². The zero-order valence-electron chi connectivity index (χ0n) is 9.08. The van der Waals surface area contributed by atoms with Gasteiger partial charge in [0.25, 0.3) is 0 Å². The fourth-order valence-corrected chi connectivity index (χ4v) is 1.56. The van der Waals surface area contributed by atoms with Gasteiger partial charge in [-0.15, -0.1) is 11.8 Å². The summed E-state index contributed by atoms with van der Waals surface area (Å²) in [6, 6.07) is 0. The summed E-state index contributed by atoms with van der Waals surface area (Å²) in [4.78, 5) is 11.5. The first-order chi connectivity index (χ1) is 7.27. The number of rotatable bonds is 4. The Kier molecular flexibility index (Phi) is 5.16. The molecule has 0 radical (unpaired) electrons. The van der Waals surface area contributed by atoms with Crippen molar-refractivity contribution >= 4 is 5.91 Å². The van der Waals surface area contributed by atoms with E-state index in [-0.39, 0.29) is 18.1 Å². The van der Waals surface area contributed by atoms with Gasteiger partial charge in [-0.05, 0) is 19.8 Å². The number of hydrogen-bond donors (Lipinski definition) is 2. The maximum atomic E-state index is 11.5. The Hall–Kier alpha value is -1.05. The van der Waals surface area contributed by atoms with E-state index in [1.165, 1.54) is 0 Å². The molecule has 0 aliphatic carbocycles. The monoisotopic (exact) mass is 210 g/mol. The Balaban J connectivity index is 2.19. The van der Waals surface area contributed by atoms with Crippen LogP contribution >= 0.6 is 0 Å². The zero-order valence-corrected chi connectivity index (χ0v) is 9.08. The van der Waals surface area contributed by atoms with Crippen molar-refractivity contribution in [1.29, 1.82) is 0 Å². The van der Waals surface area contributed by atoms with Gasteiger partial charge in [-0.1, -0.05) is 0 Å². The van der Waals surface area contributed by atoms with E-state index >= 15 is 0 Å². The Bertz CT molecular complexity index is 267. The van der Waals surface area contributed by atoms with Crippen molar-refractivity contribution in [3.63, 3.8) is 0 Å². The maximum Gasteiger partial charge on any atom is 0.249 e. The minimum atomic E-state index is -0.312. The molecule has 15 heavy (non-hydrogen) atoms. The van der Waals surface area contributed by atoms with Crippen molar-refractivity contribution in [3.05, 3.63) is 0 Å². The van der Waals surface area contributed by atoms with Gasteiger partial charge in [-0.25, -0.2) is 0 Å². The van der Waals surface area contributed by atoms with Gasteiger partial charge >= 0.3 is 0 Å². The number of nitrogens with one attached hydrogen (secondary N) is 1. The van der Waals surface area contributed by atoms with Gasteiger partial charge in [0.1, 0.15) is 6.10 Å². The summed E-state index contributed by atoms with van der Waals surface area (Å²) < 4.78 is 5.46. The molecule has 0 saturated carbocycles. The molecular formula is C11H18N2O2. The topological polar surface area (TPSA) is 64.4 Å². The molecule has 1 aliphatic rings. The van der Waals surface area contributed by atoms with Crippen LogP contribution in [-0.4, -0.2) is 31.2 Å². The van der Waals surface area contributed by atoms with Gasteiger partial charge in [-0.2, -0.15) is 0 Å². The van der Waals surface area contributed by atoms with Gasteiger partial charge in [0, 0.05) is 19.5 Å². The second-order valence-corrected chi connectivity index (χ2v) is 3.53. The molecule has 4 heteroatoms. The number of hydrogen-bond acceptors (Lipinski definition) is 3. The number of carbonyl (C=O) groups excluding carboxylic acids is 1. The Morgan fingerprint density at radius 2 is 2.40 bits per heavy atom. The highest BCUT2D eigenvalue weighted by atomic mass is 16.5. The third kappa shape index (κ3) is 3.90. The van der Waals surface area contributed by atoms with Gasteiger partial charge in [-0.3, -0.25) is 4.79 Å². The van der Waals surface area contributed by atoms with Crippen LogP contribution < -0.4 is 11.1 Å². The predicted octanol–water partition coefficient (Wildman–Crippen LogP) is 0.0223. The van der Waals surface area contributed by atoms with E-state index in [2.05, 4.69) is 17.2 Å². The van der Waals surface area contributed by atoms with Crippen molar-refractivity contribution in [1.82, 2.24) is 5.32 Å². The second-order valence-electron chi connectivity index (χ2n) is 3.53. The zero-order chi connectivity index (χ0) is 11.1. The Morgan fingerprint density at radius 3 is 3.00 bits per heavy atom. The SMILES string of the molecule is CC#CCCNC(=O)C1CCC(CN)O1. The van der Waals surface area contributed by atoms with Crippen LogP contribution in [0.4, 0.5) is 0 Å². The normalized spacial score (nSPS) is 24.4. The molecule has 1 rings (SSSR count). The third-order valence-electron chi connectivity index (χ3n) is 2.39. The summed E-state index contributed by atoms with van der Waals surface area (Å²) in [5.41, 5.74) is 5.46. The fourth-order valence-electron chi connectivity index (χ4n) is 1.56. The van der Waals surface area contributed by atoms with Gasteiger partial charge < -0.3 is 15.8 Å². The van der Waals surface area contributed by atoms with Gasteiger partial charge in [0.2, 0.25) is 5.91 Å². The van der Waals surface area contributed by atoms with Crippen molar-refractivity contribution in [3.8, 4) is 11.8 Å². The van der Waals surface area contributed by atoms with E-state index in [9.17, 15) is 4.79 Å². The van der Waals surface area contributed by atoms with E-state index in [1.54, 1.807) is 6.92 Å². The molecule has 2 atom stereocenters. The van der Waals surface area contributed by atoms with Crippen molar-refractivity contribution in [2.75, 3.05) is 13.1 Å². The quantitative estimate of drug-likeness (QED) is 0.508. The van der Waals surface area contributed by atoms with Crippen molar-refractivity contribution in [2.24, 2.45) is 5.73 Å². The molecule has 0 bridgehead atoms. The molecule has 0 spiro atoms. The van der Waals surface area contributed by atoms with E-state index in [0.717, 1.165) is 12.8 Å². The average Bonchev–Trinajstić information content (AvgIpc) is 2.72. The number of amides is 1. The van der Waals surface area contributed by atoms with Crippen LogP contribution in [0.3, 0.4) is 0 Å². The minimum Gasteiger partial charge on any atom is -0.364 e. The van der Waals surface area contributed by atoms with Gasteiger partial charge in [0.05, 0.1) is 6.10 Å². The fraction of sp³-hybridized carbons (Fsp3) is 0.727. The Labute approximate surface area is 90.5 Å². The summed E-state index contributed by atoms with van der Waals surface area (Å²) in [6.07, 6.45) is 2.08. The molecule has 1 fully saturated rings. The number of nitrogens with two attached hydrogens (primary N) is 1. The molecule has 0 aromatic rings. The molecule has 2 unspecified atom stereocenters. The average molecular weight is 210 g/mol. The van der Waals surface area contributed by atoms with E-state index < -0.39 is 0 Å².